The van der Waals surface area contributed by atoms with Crippen molar-refractivity contribution in [3.8, 4) is 0 Å². The van der Waals surface area contributed by atoms with Gasteiger partial charge in [0.15, 0.2) is 0 Å². The SMILES string of the molecule is CCCCCCCCCCCCCCCC(=O)N[C@@H](CCC(=O)O)C(=O)OCC(C)C. The van der Waals surface area contributed by atoms with Crippen LogP contribution in [0.25, 0.3) is 0 Å². The molecule has 0 aliphatic rings. The molecule has 0 unspecified atom stereocenters. The van der Waals surface area contributed by atoms with Gasteiger partial charge in [0.1, 0.15) is 6.04 Å². The molecule has 0 aromatic heterocycles. The fourth-order valence-electron chi connectivity index (χ4n) is 3.44. The molecule has 31 heavy (non-hydrogen) atoms. The molecule has 0 heterocycles. The minimum atomic E-state index is -0.993. The Labute approximate surface area is 189 Å². The van der Waals surface area contributed by atoms with Gasteiger partial charge in [0.25, 0.3) is 0 Å². The number of esters is 1. The fraction of sp³-hybridized carbons (Fsp3) is 0.880. The Morgan fingerprint density at radius 2 is 1.26 bits per heavy atom. The molecule has 2 N–H and O–H groups in total. The topological polar surface area (TPSA) is 92.7 Å². The molecule has 0 bridgehead atoms. The van der Waals surface area contributed by atoms with Crippen LogP contribution in [0, 0.1) is 5.92 Å². The average Bonchev–Trinajstić information content (AvgIpc) is 2.72. The lowest BCUT2D eigenvalue weighted by atomic mass is 10.0. The van der Waals surface area contributed by atoms with Crippen molar-refractivity contribution >= 4 is 17.8 Å². The Hall–Kier alpha value is -1.59. The molecule has 0 aromatic rings. The van der Waals surface area contributed by atoms with Crippen molar-refractivity contribution in [2.24, 2.45) is 5.92 Å². The Bertz CT molecular complexity index is 479. The van der Waals surface area contributed by atoms with Gasteiger partial charge in [-0.3, -0.25) is 9.59 Å². The minimum Gasteiger partial charge on any atom is -0.481 e. The predicted molar refractivity (Wildman–Crippen MR) is 125 cm³/mol. The zero-order valence-corrected chi connectivity index (χ0v) is 20.3. The van der Waals surface area contributed by atoms with E-state index < -0.39 is 18.0 Å². The third-order valence-electron chi connectivity index (χ3n) is 5.33. The Morgan fingerprint density at radius 3 is 1.71 bits per heavy atom. The van der Waals surface area contributed by atoms with E-state index in [1.807, 2.05) is 13.8 Å². The number of carboxylic acids is 1. The Kier molecular flexibility index (Phi) is 19.3. The van der Waals surface area contributed by atoms with Gasteiger partial charge in [-0.1, -0.05) is 97.8 Å². The molecule has 1 amide bonds. The number of carboxylic acid groups (broad SMARTS) is 1. The third-order valence-corrected chi connectivity index (χ3v) is 5.33. The second-order valence-corrected chi connectivity index (χ2v) is 9.07. The van der Waals surface area contributed by atoms with E-state index in [4.69, 9.17) is 9.84 Å². The number of unbranched alkanes of at least 4 members (excludes halogenated alkanes) is 12. The van der Waals surface area contributed by atoms with Gasteiger partial charge in [0.05, 0.1) is 6.61 Å². The molecule has 6 nitrogen and oxygen atoms in total. The molecular weight excluding hydrogens is 394 g/mol. The lowest BCUT2D eigenvalue weighted by Crippen LogP contribution is -2.42. The van der Waals surface area contributed by atoms with Crippen LogP contribution in [-0.4, -0.2) is 35.6 Å². The van der Waals surface area contributed by atoms with Gasteiger partial charge in [-0.2, -0.15) is 0 Å². The molecule has 1 atom stereocenters. The average molecular weight is 442 g/mol. The highest BCUT2D eigenvalue weighted by molar-refractivity contribution is 5.84. The number of carbonyl (C=O) groups excluding carboxylic acids is 2. The molecule has 0 saturated carbocycles. The van der Waals surface area contributed by atoms with E-state index in [0.717, 1.165) is 19.3 Å². The summed E-state index contributed by atoms with van der Waals surface area (Å²) in [6.45, 7) is 6.35. The zero-order chi connectivity index (χ0) is 23.3. The predicted octanol–water partition coefficient (Wildman–Crippen LogP) is 6.02. The van der Waals surface area contributed by atoms with Crippen molar-refractivity contribution in [2.75, 3.05) is 6.61 Å². The highest BCUT2D eigenvalue weighted by atomic mass is 16.5. The highest BCUT2D eigenvalue weighted by Crippen LogP contribution is 2.13. The third kappa shape index (κ3) is 20.1. The molecule has 0 aliphatic carbocycles. The van der Waals surface area contributed by atoms with Gasteiger partial charge in [0.2, 0.25) is 5.91 Å². The molecular formula is C25H47NO5. The van der Waals surface area contributed by atoms with Crippen molar-refractivity contribution in [1.29, 1.82) is 0 Å². The first-order valence-corrected chi connectivity index (χ1v) is 12.5. The van der Waals surface area contributed by atoms with E-state index in [9.17, 15) is 14.4 Å². The number of carbonyl (C=O) groups is 3. The summed E-state index contributed by atoms with van der Waals surface area (Å²) in [4.78, 5) is 35.2. The smallest absolute Gasteiger partial charge is 0.328 e. The second kappa shape index (κ2) is 20.3. The number of hydrogen-bond acceptors (Lipinski definition) is 4. The van der Waals surface area contributed by atoms with Gasteiger partial charge in [-0.15, -0.1) is 0 Å². The number of aliphatic carboxylic acids is 1. The summed E-state index contributed by atoms with van der Waals surface area (Å²) in [6, 6.07) is -0.885. The molecule has 0 aliphatic heterocycles. The maximum absolute atomic E-state index is 12.2. The second-order valence-electron chi connectivity index (χ2n) is 9.07. The lowest BCUT2D eigenvalue weighted by Gasteiger charge is -2.18. The summed E-state index contributed by atoms with van der Waals surface area (Å²) < 4.78 is 5.17. The molecule has 0 spiro atoms. The molecule has 0 fully saturated rings. The maximum Gasteiger partial charge on any atom is 0.328 e. The molecule has 0 rings (SSSR count). The minimum absolute atomic E-state index is 0.0522. The largest absolute Gasteiger partial charge is 0.481 e. The van der Waals surface area contributed by atoms with E-state index in [1.54, 1.807) is 0 Å². The van der Waals surface area contributed by atoms with Crippen LogP contribution in [0.4, 0.5) is 0 Å². The first-order chi connectivity index (χ1) is 14.9. The van der Waals surface area contributed by atoms with E-state index in [1.165, 1.54) is 64.2 Å². The summed E-state index contributed by atoms with van der Waals surface area (Å²) in [6.07, 6.45) is 16.4. The van der Waals surface area contributed by atoms with Gasteiger partial charge < -0.3 is 15.2 Å². The first-order valence-electron chi connectivity index (χ1n) is 12.5. The summed E-state index contributed by atoms with van der Waals surface area (Å²) in [5, 5.41) is 11.5. The van der Waals surface area contributed by atoms with Crippen molar-refractivity contribution < 1.29 is 24.2 Å². The monoisotopic (exact) mass is 441 g/mol. The standard InChI is InChI=1S/C25H47NO5/c1-4-5-6-7-8-9-10-11-12-13-14-15-16-17-23(27)26-22(18-19-24(28)29)25(30)31-20-21(2)3/h21-22H,4-20H2,1-3H3,(H,26,27)(H,28,29)/t22-/m0/s1. The number of nitrogens with one attached hydrogen (secondary N) is 1. The Morgan fingerprint density at radius 1 is 0.774 bits per heavy atom. The van der Waals surface area contributed by atoms with Crippen LogP contribution in [0.1, 0.15) is 124 Å². The lowest BCUT2D eigenvalue weighted by molar-refractivity contribution is -0.149. The Balaban J connectivity index is 3.84. The van der Waals surface area contributed by atoms with Crippen LogP contribution >= 0.6 is 0 Å². The van der Waals surface area contributed by atoms with Crippen LogP contribution in [-0.2, 0) is 19.1 Å². The maximum atomic E-state index is 12.2. The number of hydrogen-bond donors (Lipinski definition) is 2. The van der Waals surface area contributed by atoms with Gasteiger partial charge in [-0.25, -0.2) is 4.79 Å². The van der Waals surface area contributed by atoms with Crippen LogP contribution < -0.4 is 5.32 Å². The van der Waals surface area contributed by atoms with Crippen molar-refractivity contribution in [3.05, 3.63) is 0 Å². The van der Waals surface area contributed by atoms with Crippen LogP contribution in [0.5, 0.6) is 0 Å². The molecule has 182 valence electrons. The van der Waals surface area contributed by atoms with Gasteiger partial charge in [0, 0.05) is 12.8 Å². The number of ether oxygens (including phenoxy) is 1. The summed E-state index contributed by atoms with van der Waals surface area (Å²) in [5.74, 6) is -1.56. The van der Waals surface area contributed by atoms with E-state index in [-0.39, 0.29) is 31.3 Å². The number of rotatable bonds is 21. The molecule has 0 radical (unpaired) electrons. The molecule has 0 saturated heterocycles. The van der Waals surface area contributed by atoms with E-state index >= 15 is 0 Å². The molecule has 6 heteroatoms. The normalized spacial score (nSPS) is 12.0. The summed E-state index contributed by atoms with van der Waals surface area (Å²) >= 11 is 0. The number of amides is 1. The van der Waals surface area contributed by atoms with Crippen molar-refractivity contribution in [2.45, 2.75) is 130 Å². The summed E-state index contributed by atoms with van der Waals surface area (Å²) in [5.41, 5.74) is 0. The van der Waals surface area contributed by atoms with Gasteiger partial charge in [-0.05, 0) is 18.8 Å². The van der Waals surface area contributed by atoms with Crippen LogP contribution in [0.15, 0.2) is 0 Å². The fourth-order valence-corrected chi connectivity index (χ4v) is 3.44. The van der Waals surface area contributed by atoms with E-state index in [0.29, 0.717) is 6.42 Å². The van der Waals surface area contributed by atoms with Gasteiger partial charge >= 0.3 is 11.9 Å². The van der Waals surface area contributed by atoms with Crippen molar-refractivity contribution in [1.82, 2.24) is 5.32 Å². The van der Waals surface area contributed by atoms with Crippen LogP contribution in [0.2, 0.25) is 0 Å². The quantitative estimate of drug-likeness (QED) is 0.168. The molecule has 0 aromatic carbocycles. The highest BCUT2D eigenvalue weighted by Gasteiger charge is 2.23. The first kappa shape index (κ1) is 29.4. The van der Waals surface area contributed by atoms with E-state index in [2.05, 4.69) is 12.2 Å². The zero-order valence-electron chi connectivity index (χ0n) is 20.3. The van der Waals surface area contributed by atoms with Crippen LogP contribution in [0.3, 0.4) is 0 Å². The van der Waals surface area contributed by atoms with Crippen molar-refractivity contribution in [3.63, 3.8) is 0 Å². The summed E-state index contributed by atoms with van der Waals surface area (Å²) in [7, 11) is 0.